The van der Waals surface area contributed by atoms with Crippen LogP contribution >= 0.6 is 0 Å². The fourth-order valence-corrected chi connectivity index (χ4v) is 1.57. The van der Waals surface area contributed by atoms with Crippen molar-refractivity contribution in [3.05, 3.63) is 23.8 Å². The van der Waals surface area contributed by atoms with E-state index in [0.29, 0.717) is 24.5 Å². The Morgan fingerprint density at radius 1 is 1.25 bits per heavy atom. The summed E-state index contributed by atoms with van der Waals surface area (Å²) in [5.41, 5.74) is 1.45. The monoisotopic (exact) mass is 279 g/mol. The Hall–Kier alpha value is -2.08. The standard InChI is InChI=1S/C14H21N3O3/c1-10-5-6-12(20-4)11(9-10)16-14(19)13(18)15-7-8-17(2)3/h5-6,9H,7-8H2,1-4H3,(H,15,18)(H,16,19). The van der Waals surface area contributed by atoms with Gasteiger partial charge in [-0.1, -0.05) is 6.07 Å². The number of ether oxygens (including phenoxy) is 1. The van der Waals surface area contributed by atoms with Crippen molar-refractivity contribution in [2.45, 2.75) is 6.92 Å². The van der Waals surface area contributed by atoms with Crippen LogP contribution in [0.5, 0.6) is 5.75 Å². The number of carbonyl (C=O) groups is 2. The number of rotatable bonds is 5. The van der Waals surface area contributed by atoms with Crippen LogP contribution in [0.15, 0.2) is 18.2 Å². The van der Waals surface area contributed by atoms with Crippen molar-refractivity contribution in [2.75, 3.05) is 39.6 Å². The molecule has 0 bridgehead atoms. The maximum atomic E-state index is 11.8. The Labute approximate surface area is 119 Å². The van der Waals surface area contributed by atoms with Gasteiger partial charge in [0.05, 0.1) is 12.8 Å². The number of aryl methyl sites for hydroxylation is 1. The zero-order chi connectivity index (χ0) is 15.1. The Balaban J connectivity index is 2.61. The summed E-state index contributed by atoms with van der Waals surface area (Å²) < 4.78 is 5.14. The molecule has 2 amide bonds. The van der Waals surface area contributed by atoms with Crippen LogP contribution in [-0.2, 0) is 9.59 Å². The van der Waals surface area contributed by atoms with E-state index in [2.05, 4.69) is 10.6 Å². The van der Waals surface area contributed by atoms with E-state index in [4.69, 9.17) is 4.74 Å². The quantitative estimate of drug-likeness (QED) is 0.775. The molecule has 6 heteroatoms. The van der Waals surface area contributed by atoms with E-state index in [1.807, 2.05) is 32.0 Å². The average Bonchev–Trinajstić information content (AvgIpc) is 2.38. The molecule has 0 radical (unpaired) electrons. The highest BCUT2D eigenvalue weighted by molar-refractivity contribution is 6.39. The molecule has 6 nitrogen and oxygen atoms in total. The van der Waals surface area contributed by atoms with E-state index < -0.39 is 11.8 Å². The van der Waals surface area contributed by atoms with Crippen molar-refractivity contribution < 1.29 is 14.3 Å². The van der Waals surface area contributed by atoms with Crippen molar-refractivity contribution in [3.8, 4) is 5.75 Å². The highest BCUT2D eigenvalue weighted by atomic mass is 16.5. The molecule has 1 rings (SSSR count). The molecular weight excluding hydrogens is 258 g/mol. The van der Waals surface area contributed by atoms with Gasteiger partial charge in [-0.3, -0.25) is 9.59 Å². The average molecular weight is 279 g/mol. The van der Waals surface area contributed by atoms with Crippen LogP contribution in [-0.4, -0.2) is 51.0 Å². The van der Waals surface area contributed by atoms with E-state index >= 15 is 0 Å². The van der Waals surface area contributed by atoms with E-state index in [1.165, 1.54) is 7.11 Å². The molecule has 0 atom stereocenters. The van der Waals surface area contributed by atoms with Crippen LogP contribution in [0.3, 0.4) is 0 Å². The lowest BCUT2D eigenvalue weighted by molar-refractivity contribution is -0.136. The minimum atomic E-state index is -0.701. The first kappa shape index (κ1) is 16.0. The van der Waals surface area contributed by atoms with Crippen LogP contribution in [0.1, 0.15) is 5.56 Å². The molecular formula is C14H21N3O3. The summed E-state index contributed by atoms with van der Waals surface area (Å²) in [5.74, 6) is -0.840. The number of nitrogens with zero attached hydrogens (tertiary/aromatic N) is 1. The summed E-state index contributed by atoms with van der Waals surface area (Å²) in [6.07, 6.45) is 0. The fourth-order valence-electron chi connectivity index (χ4n) is 1.57. The molecule has 0 spiro atoms. The van der Waals surface area contributed by atoms with Gasteiger partial charge in [0, 0.05) is 13.1 Å². The minimum Gasteiger partial charge on any atom is -0.495 e. The molecule has 110 valence electrons. The number of hydrogen-bond donors (Lipinski definition) is 2. The van der Waals surface area contributed by atoms with Crippen LogP contribution in [0.2, 0.25) is 0 Å². The third-order valence-corrected chi connectivity index (χ3v) is 2.65. The van der Waals surface area contributed by atoms with E-state index in [9.17, 15) is 9.59 Å². The number of likely N-dealkylation sites (N-methyl/N-ethyl adjacent to an activating group) is 1. The second kappa shape index (κ2) is 7.49. The number of hydrogen-bond acceptors (Lipinski definition) is 4. The summed E-state index contributed by atoms with van der Waals surface area (Å²) in [6, 6.07) is 5.37. The molecule has 0 unspecified atom stereocenters. The molecule has 0 saturated carbocycles. The van der Waals surface area contributed by atoms with Crippen molar-refractivity contribution in [1.29, 1.82) is 0 Å². The van der Waals surface area contributed by atoms with Gasteiger partial charge in [0.15, 0.2) is 0 Å². The zero-order valence-corrected chi connectivity index (χ0v) is 12.3. The van der Waals surface area contributed by atoms with Crippen LogP contribution < -0.4 is 15.4 Å². The first-order valence-corrected chi connectivity index (χ1v) is 6.32. The molecule has 20 heavy (non-hydrogen) atoms. The van der Waals surface area contributed by atoms with Crippen molar-refractivity contribution >= 4 is 17.5 Å². The Bertz CT molecular complexity index is 487. The van der Waals surface area contributed by atoms with Gasteiger partial charge in [-0.25, -0.2) is 0 Å². The molecule has 0 aliphatic heterocycles. The molecule has 1 aromatic rings. The Morgan fingerprint density at radius 3 is 2.55 bits per heavy atom. The number of benzene rings is 1. The molecule has 0 fully saturated rings. The lowest BCUT2D eigenvalue weighted by atomic mass is 10.2. The summed E-state index contributed by atoms with van der Waals surface area (Å²) in [5, 5.41) is 5.10. The van der Waals surface area contributed by atoms with Gasteiger partial charge in [-0.2, -0.15) is 0 Å². The summed E-state index contributed by atoms with van der Waals surface area (Å²) in [7, 11) is 5.30. The number of carbonyl (C=O) groups excluding carboxylic acids is 2. The van der Waals surface area contributed by atoms with Crippen molar-refractivity contribution in [1.82, 2.24) is 10.2 Å². The van der Waals surface area contributed by atoms with E-state index in [1.54, 1.807) is 12.1 Å². The molecule has 0 aromatic heterocycles. The van der Waals surface area contributed by atoms with Gasteiger partial charge in [-0.15, -0.1) is 0 Å². The summed E-state index contributed by atoms with van der Waals surface area (Å²) >= 11 is 0. The molecule has 2 N–H and O–H groups in total. The number of amides is 2. The second-order valence-corrected chi connectivity index (χ2v) is 4.72. The number of anilines is 1. The first-order valence-electron chi connectivity index (χ1n) is 6.32. The van der Waals surface area contributed by atoms with Gasteiger partial charge >= 0.3 is 11.8 Å². The van der Waals surface area contributed by atoms with Gasteiger partial charge in [0.2, 0.25) is 0 Å². The second-order valence-electron chi connectivity index (χ2n) is 4.72. The molecule has 0 saturated heterocycles. The Morgan fingerprint density at radius 2 is 1.95 bits per heavy atom. The lowest BCUT2D eigenvalue weighted by Gasteiger charge is -2.12. The normalized spacial score (nSPS) is 10.2. The number of nitrogens with one attached hydrogen (secondary N) is 2. The first-order chi connectivity index (χ1) is 9.43. The number of methoxy groups -OCH3 is 1. The minimum absolute atomic E-state index is 0.421. The van der Waals surface area contributed by atoms with E-state index in [-0.39, 0.29) is 0 Å². The SMILES string of the molecule is COc1ccc(C)cc1NC(=O)C(=O)NCCN(C)C. The topological polar surface area (TPSA) is 70.7 Å². The Kier molecular flexibility index (Phi) is 5.99. The highest BCUT2D eigenvalue weighted by Crippen LogP contribution is 2.24. The van der Waals surface area contributed by atoms with Gasteiger partial charge < -0.3 is 20.3 Å². The molecule has 0 aliphatic rings. The molecule has 0 aliphatic carbocycles. The molecule has 0 heterocycles. The maximum absolute atomic E-state index is 11.8. The fraction of sp³-hybridized carbons (Fsp3) is 0.429. The zero-order valence-electron chi connectivity index (χ0n) is 12.3. The van der Waals surface area contributed by atoms with Gasteiger partial charge in [0.1, 0.15) is 5.75 Å². The van der Waals surface area contributed by atoms with E-state index in [0.717, 1.165) is 5.56 Å². The maximum Gasteiger partial charge on any atom is 0.313 e. The van der Waals surface area contributed by atoms with Crippen LogP contribution in [0.4, 0.5) is 5.69 Å². The lowest BCUT2D eigenvalue weighted by Crippen LogP contribution is -2.38. The van der Waals surface area contributed by atoms with Crippen molar-refractivity contribution in [2.24, 2.45) is 0 Å². The van der Waals surface area contributed by atoms with Crippen molar-refractivity contribution in [3.63, 3.8) is 0 Å². The smallest absolute Gasteiger partial charge is 0.313 e. The highest BCUT2D eigenvalue weighted by Gasteiger charge is 2.15. The van der Waals surface area contributed by atoms with Gasteiger partial charge in [-0.05, 0) is 38.7 Å². The summed E-state index contributed by atoms with van der Waals surface area (Å²) in [6.45, 7) is 2.99. The van der Waals surface area contributed by atoms with Crippen LogP contribution in [0.25, 0.3) is 0 Å². The summed E-state index contributed by atoms with van der Waals surface area (Å²) in [4.78, 5) is 25.3. The predicted molar refractivity (Wildman–Crippen MR) is 77.9 cm³/mol. The predicted octanol–water partition coefficient (Wildman–Crippen LogP) is 0.620. The molecule has 1 aromatic carbocycles. The van der Waals surface area contributed by atoms with Crippen LogP contribution in [0, 0.1) is 6.92 Å². The third kappa shape index (κ3) is 4.89. The van der Waals surface area contributed by atoms with Gasteiger partial charge in [0.25, 0.3) is 0 Å². The largest absolute Gasteiger partial charge is 0.495 e. The third-order valence-electron chi connectivity index (χ3n) is 2.65.